The number of hydrogen-bond acceptors (Lipinski definition) is 7. The second-order valence-electron chi connectivity index (χ2n) is 9.87. The highest BCUT2D eigenvalue weighted by molar-refractivity contribution is 6.32. The monoisotopic (exact) mass is 550 g/mol. The summed E-state index contributed by atoms with van der Waals surface area (Å²) in [5.41, 5.74) is 4.60. The topological polar surface area (TPSA) is 94.2 Å². The molecule has 1 N–H and O–H groups in total. The molecule has 2 aromatic rings. The molecular formula is C30H31ClN2O6. The van der Waals surface area contributed by atoms with Gasteiger partial charge in [-0.15, -0.1) is 0 Å². The molecule has 0 aromatic heterocycles. The van der Waals surface area contributed by atoms with Gasteiger partial charge in [0.25, 0.3) is 5.91 Å². The number of rotatable bonds is 7. The Labute approximate surface area is 232 Å². The molecule has 8 nitrogen and oxygen atoms in total. The van der Waals surface area contributed by atoms with Crippen LogP contribution in [0.2, 0.25) is 5.02 Å². The summed E-state index contributed by atoms with van der Waals surface area (Å²) in [6, 6.07) is 10.4. The van der Waals surface area contributed by atoms with Gasteiger partial charge in [-0.05, 0) is 67.6 Å². The number of carbonyl (C=O) groups is 3. The molecular weight excluding hydrogens is 520 g/mol. The summed E-state index contributed by atoms with van der Waals surface area (Å²) in [5.74, 6) is 0.459. The predicted molar refractivity (Wildman–Crippen MR) is 147 cm³/mol. The molecule has 2 aromatic carbocycles. The third-order valence-electron chi connectivity index (χ3n) is 7.55. The molecule has 0 radical (unpaired) electrons. The number of carbonyl (C=O) groups excluding carboxylic acids is 3. The van der Waals surface area contributed by atoms with Crippen LogP contribution in [0.3, 0.4) is 0 Å². The van der Waals surface area contributed by atoms with Gasteiger partial charge in [0.2, 0.25) is 0 Å². The Bertz CT molecular complexity index is 1350. The standard InChI is InChI=1S/C30H31ClN2O6/c1-33-21-6-4-8-23(34)28(21)27(29-22(33)7-5-9-24(29)35)17-14-20(31)30(25(15-17)38-3)39-16-26(36)32-18-10-12-19(37-2)13-11-18/h10-15,27H,4-9,16H2,1-3H3,(H,32,36). The molecule has 0 saturated heterocycles. The number of anilines is 1. The number of methoxy groups -OCH3 is 2. The van der Waals surface area contributed by atoms with Crippen LogP contribution in [0, 0.1) is 0 Å². The third kappa shape index (κ3) is 5.13. The van der Waals surface area contributed by atoms with Crippen molar-refractivity contribution < 1.29 is 28.6 Å². The first-order valence-corrected chi connectivity index (χ1v) is 13.4. The summed E-state index contributed by atoms with van der Waals surface area (Å²) in [6.45, 7) is -0.294. The summed E-state index contributed by atoms with van der Waals surface area (Å²) >= 11 is 6.70. The largest absolute Gasteiger partial charge is 0.497 e. The normalized spacial score (nSPS) is 17.6. The molecule has 0 unspecified atom stereocenters. The zero-order valence-corrected chi connectivity index (χ0v) is 23.0. The van der Waals surface area contributed by atoms with Crippen LogP contribution in [0.5, 0.6) is 17.2 Å². The Morgan fingerprint density at radius 1 is 0.949 bits per heavy atom. The van der Waals surface area contributed by atoms with Crippen molar-refractivity contribution in [2.24, 2.45) is 0 Å². The fourth-order valence-electron chi connectivity index (χ4n) is 5.74. The van der Waals surface area contributed by atoms with E-state index in [1.807, 2.05) is 7.05 Å². The number of ether oxygens (including phenoxy) is 3. The van der Waals surface area contributed by atoms with Crippen molar-refractivity contribution in [2.45, 2.75) is 44.4 Å². The van der Waals surface area contributed by atoms with E-state index in [-0.39, 0.29) is 34.9 Å². The van der Waals surface area contributed by atoms with E-state index >= 15 is 0 Å². The van der Waals surface area contributed by atoms with Crippen molar-refractivity contribution >= 4 is 34.8 Å². The Kier molecular flexibility index (Phi) is 7.66. The Morgan fingerprint density at radius 3 is 2.13 bits per heavy atom. The minimum absolute atomic E-state index is 0.0589. The minimum Gasteiger partial charge on any atom is -0.497 e. The SMILES string of the molecule is COc1ccc(NC(=O)COc2c(Cl)cc(C3C4=C(CCCC4=O)N(C)C4=C3C(=O)CCC4)cc2OC)cc1. The van der Waals surface area contributed by atoms with Gasteiger partial charge in [0.05, 0.1) is 19.2 Å². The van der Waals surface area contributed by atoms with Crippen molar-refractivity contribution in [2.75, 3.05) is 33.2 Å². The molecule has 0 saturated carbocycles. The second kappa shape index (κ2) is 11.1. The first-order chi connectivity index (χ1) is 18.8. The lowest BCUT2D eigenvalue weighted by Crippen LogP contribution is -2.37. The van der Waals surface area contributed by atoms with Crippen molar-refractivity contribution in [3.8, 4) is 17.2 Å². The first kappa shape index (κ1) is 26.8. The van der Waals surface area contributed by atoms with Gasteiger partial charge in [-0.25, -0.2) is 0 Å². The summed E-state index contributed by atoms with van der Waals surface area (Å²) in [4.78, 5) is 41.1. The van der Waals surface area contributed by atoms with Crippen LogP contribution in [-0.2, 0) is 14.4 Å². The fourth-order valence-corrected chi connectivity index (χ4v) is 6.02. The van der Waals surface area contributed by atoms with Crippen LogP contribution < -0.4 is 19.5 Å². The Hall–Kier alpha value is -3.78. The third-order valence-corrected chi connectivity index (χ3v) is 7.83. The van der Waals surface area contributed by atoms with Crippen LogP contribution in [0.4, 0.5) is 5.69 Å². The average Bonchev–Trinajstić information content (AvgIpc) is 2.93. The molecule has 0 fully saturated rings. The van der Waals surface area contributed by atoms with Crippen molar-refractivity contribution in [3.05, 3.63) is 69.5 Å². The van der Waals surface area contributed by atoms with Gasteiger partial charge in [0.15, 0.2) is 29.7 Å². The molecule has 0 atom stereocenters. The lowest BCUT2D eigenvalue weighted by molar-refractivity contribution is -0.118. The van der Waals surface area contributed by atoms with Crippen LogP contribution in [-0.4, -0.2) is 50.2 Å². The molecule has 1 heterocycles. The van der Waals surface area contributed by atoms with Crippen LogP contribution in [0.1, 0.15) is 50.0 Å². The van der Waals surface area contributed by atoms with Crippen LogP contribution >= 0.6 is 11.6 Å². The molecule has 0 spiro atoms. The van der Waals surface area contributed by atoms with E-state index in [4.69, 9.17) is 25.8 Å². The molecule has 39 heavy (non-hydrogen) atoms. The van der Waals surface area contributed by atoms with Gasteiger partial charge in [0.1, 0.15) is 5.75 Å². The second-order valence-corrected chi connectivity index (χ2v) is 10.3. The molecule has 204 valence electrons. The average molecular weight is 551 g/mol. The number of benzene rings is 2. The number of hydrogen-bond donors (Lipinski definition) is 1. The fraction of sp³-hybridized carbons (Fsp3) is 0.367. The van der Waals surface area contributed by atoms with Gasteiger partial charge < -0.3 is 24.4 Å². The van der Waals surface area contributed by atoms with Crippen LogP contribution in [0.15, 0.2) is 58.9 Å². The maximum absolute atomic E-state index is 13.2. The van der Waals surface area contributed by atoms with E-state index in [1.165, 1.54) is 7.11 Å². The van der Waals surface area contributed by atoms with E-state index in [9.17, 15) is 14.4 Å². The van der Waals surface area contributed by atoms with E-state index in [1.54, 1.807) is 43.5 Å². The Balaban J connectivity index is 1.45. The molecule has 3 aliphatic rings. The number of amides is 1. The maximum atomic E-state index is 13.2. The smallest absolute Gasteiger partial charge is 0.262 e. The summed E-state index contributed by atoms with van der Waals surface area (Å²) in [6.07, 6.45) is 4.06. The molecule has 1 amide bonds. The Morgan fingerprint density at radius 2 is 1.56 bits per heavy atom. The van der Waals surface area contributed by atoms with E-state index < -0.39 is 5.92 Å². The van der Waals surface area contributed by atoms with Crippen LogP contribution in [0.25, 0.3) is 0 Å². The molecule has 5 rings (SSSR count). The summed E-state index contributed by atoms with van der Waals surface area (Å²) < 4.78 is 16.5. The zero-order chi connectivity index (χ0) is 27.7. The number of ketones is 2. The number of halogens is 1. The number of Topliss-reactive ketones (excluding diaryl/α,β-unsaturated/α-hetero) is 2. The van der Waals surface area contributed by atoms with E-state index in [0.29, 0.717) is 46.7 Å². The molecule has 1 aliphatic heterocycles. The summed E-state index contributed by atoms with van der Waals surface area (Å²) in [7, 11) is 5.02. The lowest BCUT2D eigenvalue weighted by atomic mass is 9.71. The van der Waals surface area contributed by atoms with E-state index in [0.717, 1.165) is 37.1 Å². The zero-order valence-electron chi connectivity index (χ0n) is 22.3. The molecule has 2 aliphatic carbocycles. The number of nitrogens with zero attached hydrogens (tertiary/aromatic N) is 1. The van der Waals surface area contributed by atoms with E-state index in [2.05, 4.69) is 10.2 Å². The van der Waals surface area contributed by atoms with Gasteiger partial charge in [-0.2, -0.15) is 0 Å². The van der Waals surface area contributed by atoms with Gasteiger partial charge in [0, 0.05) is 54.0 Å². The minimum atomic E-state index is -0.509. The van der Waals surface area contributed by atoms with Crippen molar-refractivity contribution in [1.82, 2.24) is 4.90 Å². The highest BCUT2D eigenvalue weighted by Crippen LogP contribution is 2.50. The quantitative estimate of drug-likeness (QED) is 0.492. The molecule has 0 bridgehead atoms. The van der Waals surface area contributed by atoms with Gasteiger partial charge in [-0.3, -0.25) is 14.4 Å². The lowest BCUT2D eigenvalue weighted by Gasteiger charge is -2.42. The van der Waals surface area contributed by atoms with Crippen molar-refractivity contribution in [1.29, 1.82) is 0 Å². The molecule has 9 heteroatoms. The summed E-state index contributed by atoms with van der Waals surface area (Å²) in [5, 5.41) is 3.00. The highest BCUT2D eigenvalue weighted by Gasteiger charge is 2.42. The maximum Gasteiger partial charge on any atom is 0.262 e. The number of nitrogens with one attached hydrogen (secondary N) is 1. The van der Waals surface area contributed by atoms with Crippen molar-refractivity contribution in [3.63, 3.8) is 0 Å². The first-order valence-electron chi connectivity index (χ1n) is 13.0. The highest BCUT2D eigenvalue weighted by atomic mass is 35.5. The van der Waals surface area contributed by atoms with Gasteiger partial charge >= 0.3 is 0 Å². The van der Waals surface area contributed by atoms with Gasteiger partial charge in [-0.1, -0.05) is 11.6 Å². The predicted octanol–water partition coefficient (Wildman–Crippen LogP) is 5.42. The number of allylic oxidation sites excluding steroid dienone is 4.